The summed E-state index contributed by atoms with van der Waals surface area (Å²) in [5, 5.41) is 9.40. The molecule has 0 unspecified atom stereocenters. The van der Waals surface area contributed by atoms with Crippen molar-refractivity contribution in [2.24, 2.45) is 0 Å². The molecule has 0 radical (unpaired) electrons. The lowest BCUT2D eigenvalue weighted by molar-refractivity contribution is 0.151. The number of hydrogen-bond donors (Lipinski definition) is 0. The van der Waals surface area contributed by atoms with E-state index >= 15 is 0 Å². The fraction of sp³-hybridized carbons (Fsp3) is 0.900. The Morgan fingerprint density at radius 3 is 2.12 bits per heavy atom. The summed E-state index contributed by atoms with van der Waals surface area (Å²) < 4.78 is 2.56. The molecule has 0 amide bonds. The third-order valence-electron chi connectivity index (χ3n) is 7.00. The summed E-state index contributed by atoms with van der Waals surface area (Å²) in [5.74, 6) is 3.21. The van der Waals surface area contributed by atoms with Gasteiger partial charge in [-0.15, -0.1) is 10.2 Å². The highest BCUT2D eigenvalue weighted by atomic mass is 15.3. The zero-order valence-corrected chi connectivity index (χ0v) is 15.6. The van der Waals surface area contributed by atoms with E-state index in [1.54, 1.807) is 0 Å². The summed E-state index contributed by atoms with van der Waals surface area (Å²) in [6, 6.07) is 1.59. The molecule has 0 bridgehead atoms. The van der Waals surface area contributed by atoms with Crippen LogP contribution in [-0.2, 0) is 6.54 Å². The fourth-order valence-electron chi connectivity index (χ4n) is 5.39. The number of piperidine rings is 1. The van der Waals surface area contributed by atoms with Crippen LogP contribution in [0.3, 0.4) is 0 Å². The summed E-state index contributed by atoms with van der Waals surface area (Å²) in [6.07, 6.45) is 13.7. The Labute approximate surface area is 151 Å². The first-order valence-electron chi connectivity index (χ1n) is 10.8. The van der Waals surface area contributed by atoms with Gasteiger partial charge in [-0.1, -0.05) is 12.8 Å². The van der Waals surface area contributed by atoms with Gasteiger partial charge in [0.2, 0.25) is 0 Å². The van der Waals surface area contributed by atoms with Crippen molar-refractivity contribution in [3.05, 3.63) is 11.6 Å². The predicted octanol–water partition coefficient (Wildman–Crippen LogP) is 3.33. The zero-order chi connectivity index (χ0) is 16.6. The van der Waals surface area contributed by atoms with Gasteiger partial charge in [0.25, 0.3) is 0 Å². The van der Waals surface area contributed by atoms with Crippen molar-refractivity contribution >= 4 is 0 Å². The Balaban J connectivity index is 1.28. The van der Waals surface area contributed by atoms with Gasteiger partial charge in [-0.05, 0) is 77.5 Å². The van der Waals surface area contributed by atoms with Crippen molar-refractivity contribution in [3.63, 3.8) is 0 Å². The van der Waals surface area contributed by atoms with Crippen LogP contribution in [0, 0.1) is 0 Å². The highest BCUT2D eigenvalue weighted by Gasteiger charge is 2.35. The largest absolute Gasteiger partial charge is 0.311 e. The van der Waals surface area contributed by atoms with E-state index in [4.69, 9.17) is 5.10 Å². The topological polar surface area (TPSA) is 37.2 Å². The second kappa shape index (κ2) is 6.99. The lowest BCUT2D eigenvalue weighted by Gasteiger charge is -2.35. The number of hydrogen-bond acceptors (Lipinski definition) is 4. The summed E-state index contributed by atoms with van der Waals surface area (Å²) in [5.41, 5.74) is 0. The normalized spacial score (nSPS) is 27.5. The summed E-state index contributed by atoms with van der Waals surface area (Å²) in [4.78, 5) is 5.34. The van der Waals surface area contributed by atoms with Gasteiger partial charge in [0.15, 0.2) is 0 Å². The minimum atomic E-state index is 0.637. The van der Waals surface area contributed by atoms with Gasteiger partial charge < -0.3 is 9.47 Å². The molecule has 4 aliphatic rings. The Hall–Kier alpha value is -0.940. The van der Waals surface area contributed by atoms with Gasteiger partial charge in [-0.25, -0.2) is 0 Å². The molecule has 3 heterocycles. The van der Waals surface area contributed by atoms with E-state index in [0.717, 1.165) is 12.6 Å². The van der Waals surface area contributed by atoms with Crippen LogP contribution in [0.25, 0.3) is 0 Å². The Bertz CT molecular complexity index is 573. The van der Waals surface area contributed by atoms with Gasteiger partial charge in [0.05, 0.1) is 6.54 Å². The lowest BCUT2D eigenvalue weighted by Crippen LogP contribution is -2.40. The Morgan fingerprint density at radius 2 is 1.44 bits per heavy atom. The maximum absolute atomic E-state index is 4.73. The van der Waals surface area contributed by atoms with E-state index in [0.29, 0.717) is 12.0 Å². The van der Waals surface area contributed by atoms with Crippen LogP contribution in [0.5, 0.6) is 0 Å². The van der Waals surface area contributed by atoms with Crippen molar-refractivity contribution < 1.29 is 0 Å². The van der Waals surface area contributed by atoms with Crippen LogP contribution in [0.4, 0.5) is 0 Å². The van der Waals surface area contributed by atoms with Gasteiger partial charge in [0.1, 0.15) is 11.6 Å². The molecule has 0 atom stereocenters. The van der Waals surface area contributed by atoms with Crippen LogP contribution in [-0.4, -0.2) is 56.8 Å². The van der Waals surface area contributed by atoms with Crippen LogP contribution in [0.2, 0.25) is 0 Å². The highest BCUT2D eigenvalue weighted by molar-refractivity contribution is 5.09. The summed E-state index contributed by atoms with van der Waals surface area (Å²) in [6.45, 7) is 6.05. The van der Waals surface area contributed by atoms with Crippen LogP contribution < -0.4 is 0 Å². The number of aromatic nitrogens is 3. The molecule has 1 aromatic heterocycles. The third kappa shape index (κ3) is 3.37. The van der Waals surface area contributed by atoms with Gasteiger partial charge in [-0.2, -0.15) is 0 Å². The molecule has 4 fully saturated rings. The molecule has 2 saturated carbocycles. The fourth-order valence-corrected chi connectivity index (χ4v) is 5.39. The van der Waals surface area contributed by atoms with Crippen LogP contribution in [0.15, 0.2) is 0 Å². The first-order valence-corrected chi connectivity index (χ1v) is 10.8. The molecule has 2 saturated heterocycles. The predicted molar refractivity (Wildman–Crippen MR) is 98.6 cm³/mol. The maximum Gasteiger partial charge on any atom is 0.147 e. The molecule has 1 aromatic rings. The summed E-state index contributed by atoms with van der Waals surface area (Å²) in [7, 11) is 0. The first-order chi connectivity index (χ1) is 12.4. The van der Waals surface area contributed by atoms with E-state index in [2.05, 4.69) is 19.5 Å². The number of nitrogens with zero attached hydrogens (tertiary/aromatic N) is 5. The van der Waals surface area contributed by atoms with E-state index in [9.17, 15) is 0 Å². The van der Waals surface area contributed by atoms with E-state index < -0.39 is 0 Å². The third-order valence-corrected chi connectivity index (χ3v) is 7.00. The van der Waals surface area contributed by atoms with Crippen LogP contribution >= 0.6 is 0 Å². The molecule has 0 N–H and O–H groups in total. The second-order valence-corrected chi connectivity index (χ2v) is 8.81. The standard InChI is InChI=1S/C20H33N5/c1-2-6-17(5-1)24-13-9-16(10-14-24)20-22-21-19(25(20)18-7-8-18)15-23-11-3-4-12-23/h16-18H,1-15H2. The maximum atomic E-state index is 4.73. The molecular weight excluding hydrogens is 310 g/mol. The molecule has 138 valence electrons. The molecule has 5 nitrogen and oxygen atoms in total. The first kappa shape index (κ1) is 16.2. The van der Waals surface area contributed by atoms with E-state index in [1.165, 1.54) is 102 Å². The SMILES string of the molecule is C1CCC(N2CCC(c3nnc(CN4CCCC4)n3C3CC3)CC2)C1. The van der Waals surface area contributed by atoms with Crippen LogP contribution in [0.1, 0.15) is 87.8 Å². The molecular formula is C20H33N5. The molecule has 5 rings (SSSR count). The van der Waals surface area contributed by atoms with Crippen molar-refractivity contribution in [3.8, 4) is 0 Å². The molecule has 25 heavy (non-hydrogen) atoms. The van der Waals surface area contributed by atoms with Crippen molar-refractivity contribution in [2.75, 3.05) is 26.2 Å². The minimum absolute atomic E-state index is 0.637. The Kier molecular flexibility index (Phi) is 4.55. The zero-order valence-electron chi connectivity index (χ0n) is 15.6. The number of likely N-dealkylation sites (tertiary alicyclic amines) is 2. The van der Waals surface area contributed by atoms with Crippen molar-refractivity contribution in [2.45, 2.75) is 88.8 Å². The lowest BCUT2D eigenvalue weighted by atomic mass is 9.94. The van der Waals surface area contributed by atoms with E-state index in [-0.39, 0.29) is 0 Å². The van der Waals surface area contributed by atoms with Crippen molar-refractivity contribution in [1.29, 1.82) is 0 Å². The average Bonchev–Trinajstić information content (AvgIpc) is 3.09. The summed E-state index contributed by atoms with van der Waals surface area (Å²) >= 11 is 0. The molecule has 5 heteroatoms. The molecule has 2 aliphatic heterocycles. The van der Waals surface area contributed by atoms with Gasteiger partial charge >= 0.3 is 0 Å². The molecule has 0 aromatic carbocycles. The molecule has 0 spiro atoms. The Morgan fingerprint density at radius 1 is 0.720 bits per heavy atom. The van der Waals surface area contributed by atoms with E-state index in [1.807, 2.05) is 0 Å². The quantitative estimate of drug-likeness (QED) is 0.822. The second-order valence-electron chi connectivity index (χ2n) is 8.81. The smallest absolute Gasteiger partial charge is 0.147 e. The van der Waals surface area contributed by atoms with Gasteiger partial charge in [0, 0.05) is 18.0 Å². The van der Waals surface area contributed by atoms with Gasteiger partial charge in [-0.3, -0.25) is 4.90 Å². The van der Waals surface area contributed by atoms with Crippen molar-refractivity contribution in [1.82, 2.24) is 24.6 Å². The minimum Gasteiger partial charge on any atom is -0.311 e. The number of rotatable bonds is 5. The molecule has 2 aliphatic carbocycles. The highest BCUT2D eigenvalue weighted by Crippen LogP contribution is 2.40. The average molecular weight is 344 g/mol. The monoisotopic (exact) mass is 343 g/mol.